The van der Waals surface area contributed by atoms with Gasteiger partial charge in [-0.2, -0.15) is 13.2 Å². The molecule has 1 rings (SSSR count). The number of hydrogen-bond donors (Lipinski definition) is 2. The van der Waals surface area contributed by atoms with Gasteiger partial charge in [0, 0.05) is 24.3 Å². The van der Waals surface area contributed by atoms with Gasteiger partial charge < -0.3 is 10.6 Å². The Labute approximate surface area is 116 Å². The Morgan fingerprint density at radius 3 is 2.35 bits per heavy atom. The molecule has 2 N–H and O–H groups in total. The summed E-state index contributed by atoms with van der Waals surface area (Å²) in [5.41, 5.74) is -0.783. The molecule has 0 aliphatic heterocycles. The van der Waals surface area contributed by atoms with E-state index < -0.39 is 17.6 Å². The Balaban J connectivity index is 3.04. The van der Waals surface area contributed by atoms with Gasteiger partial charge in [-0.05, 0) is 31.0 Å². The second-order valence-corrected chi connectivity index (χ2v) is 4.44. The van der Waals surface area contributed by atoms with E-state index in [0.29, 0.717) is 13.1 Å². The Bertz CT molecular complexity index is 458. The van der Waals surface area contributed by atoms with Crippen molar-refractivity contribution in [1.29, 1.82) is 0 Å². The van der Waals surface area contributed by atoms with Crippen LogP contribution in [0.25, 0.3) is 0 Å². The highest BCUT2D eigenvalue weighted by atomic mass is 19.4. The highest BCUT2D eigenvalue weighted by Gasteiger charge is 2.34. The van der Waals surface area contributed by atoms with Crippen LogP contribution in [0.4, 0.5) is 18.9 Å². The van der Waals surface area contributed by atoms with E-state index in [-0.39, 0.29) is 11.3 Å². The number of carbonyl (C=O) groups excluding carboxylic acids is 1. The summed E-state index contributed by atoms with van der Waals surface area (Å²) in [6, 6.07) is 3.60. The first-order valence-electron chi connectivity index (χ1n) is 6.63. The van der Waals surface area contributed by atoms with E-state index in [1.165, 1.54) is 12.1 Å². The fraction of sp³-hybridized carbons (Fsp3) is 0.500. The number of anilines is 1. The minimum atomic E-state index is -4.49. The van der Waals surface area contributed by atoms with Gasteiger partial charge in [0.15, 0.2) is 0 Å². The van der Waals surface area contributed by atoms with Gasteiger partial charge in [0.2, 0.25) is 0 Å². The van der Waals surface area contributed by atoms with Crippen molar-refractivity contribution in [3.05, 3.63) is 29.3 Å². The van der Waals surface area contributed by atoms with Gasteiger partial charge >= 0.3 is 6.18 Å². The van der Waals surface area contributed by atoms with Crippen LogP contribution in [0.15, 0.2) is 18.2 Å². The molecule has 1 aromatic rings. The lowest BCUT2D eigenvalue weighted by atomic mass is 10.1. The lowest BCUT2D eigenvalue weighted by Crippen LogP contribution is -2.24. The summed E-state index contributed by atoms with van der Waals surface area (Å²) >= 11 is 0. The SMILES string of the molecule is CCCNC(=O)c1ccc(NCCC)c(C(F)(F)F)c1. The standard InChI is InChI=1S/C14H19F3N2O/c1-3-7-18-12-6-5-10(13(20)19-8-4-2)9-11(12)14(15,16)17/h5-6,9,18H,3-4,7-8H2,1-2H3,(H,19,20). The van der Waals surface area contributed by atoms with Crippen molar-refractivity contribution in [1.82, 2.24) is 5.32 Å². The molecule has 1 aromatic carbocycles. The number of alkyl halides is 3. The van der Waals surface area contributed by atoms with Crippen LogP contribution in [0.3, 0.4) is 0 Å². The molecule has 1 amide bonds. The number of carbonyl (C=O) groups is 1. The zero-order valence-electron chi connectivity index (χ0n) is 11.6. The lowest BCUT2D eigenvalue weighted by molar-refractivity contribution is -0.137. The number of rotatable bonds is 6. The summed E-state index contributed by atoms with van der Waals surface area (Å²) in [4.78, 5) is 11.7. The van der Waals surface area contributed by atoms with E-state index in [0.717, 1.165) is 18.9 Å². The fourth-order valence-corrected chi connectivity index (χ4v) is 1.67. The quantitative estimate of drug-likeness (QED) is 0.838. The molecule has 0 aliphatic rings. The first-order chi connectivity index (χ1) is 9.40. The third-order valence-electron chi connectivity index (χ3n) is 2.69. The second-order valence-electron chi connectivity index (χ2n) is 4.44. The Hall–Kier alpha value is -1.72. The molecule has 3 nitrogen and oxygen atoms in total. The number of benzene rings is 1. The normalized spacial score (nSPS) is 11.2. The van der Waals surface area contributed by atoms with Crippen molar-refractivity contribution in [2.75, 3.05) is 18.4 Å². The second kappa shape index (κ2) is 7.17. The van der Waals surface area contributed by atoms with Crippen LogP contribution in [0.2, 0.25) is 0 Å². The molecule has 0 aromatic heterocycles. The predicted octanol–water partition coefficient (Wildman–Crippen LogP) is 3.67. The number of nitrogens with one attached hydrogen (secondary N) is 2. The molecule has 0 bridgehead atoms. The monoisotopic (exact) mass is 288 g/mol. The molecule has 0 spiro atoms. The largest absolute Gasteiger partial charge is 0.418 e. The van der Waals surface area contributed by atoms with Gasteiger partial charge in [0.25, 0.3) is 5.91 Å². The smallest absolute Gasteiger partial charge is 0.385 e. The topological polar surface area (TPSA) is 41.1 Å². The summed E-state index contributed by atoms with van der Waals surface area (Å²) in [5.74, 6) is -0.487. The lowest BCUT2D eigenvalue weighted by Gasteiger charge is -2.15. The summed E-state index contributed by atoms with van der Waals surface area (Å²) in [6.07, 6.45) is -3.04. The van der Waals surface area contributed by atoms with E-state index in [2.05, 4.69) is 10.6 Å². The Morgan fingerprint density at radius 2 is 1.80 bits per heavy atom. The van der Waals surface area contributed by atoms with E-state index >= 15 is 0 Å². The summed E-state index contributed by atoms with van der Waals surface area (Å²) in [5, 5.41) is 5.29. The molecular formula is C14H19F3N2O. The van der Waals surface area contributed by atoms with Crippen molar-refractivity contribution in [2.24, 2.45) is 0 Å². The highest BCUT2D eigenvalue weighted by Crippen LogP contribution is 2.35. The summed E-state index contributed by atoms with van der Waals surface area (Å²) in [7, 11) is 0. The maximum Gasteiger partial charge on any atom is 0.418 e. The molecule has 0 atom stereocenters. The minimum absolute atomic E-state index is 0.00592. The first-order valence-corrected chi connectivity index (χ1v) is 6.63. The van der Waals surface area contributed by atoms with Crippen LogP contribution in [-0.2, 0) is 6.18 Å². The van der Waals surface area contributed by atoms with Gasteiger partial charge in [-0.25, -0.2) is 0 Å². The van der Waals surface area contributed by atoms with Crippen LogP contribution in [-0.4, -0.2) is 19.0 Å². The van der Waals surface area contributed by atoms with Gasteiger partial charge in [-0.3, -0.25) is 4.79 Å². The van der Waals surface area contributed by atoms with Crippen molar-refractivity contribution >= 4 is 11.6 Å². The number of hydrogen-bond acceptors (Lipinski definition) is 2. The van der Waals surface area contributed by atoms with Crippen LogP contribution in [0.5, 0.6) is 0 Å². The molecule has 0 aliphatic carbocycles. The molecule has 0 saturated heterocycles. The molecule has 0 heterocycles. The number of amides is 1. The Kier molecular flexibility index (Phi) is 5.85. The zero-order valence-corrected chi connectivity index (χ0v) is 11.6. The predicted molar refractivity (Wildman–Crippen MR) is 72.8 cm³/mol. The third kappa shape index (κ3) is 4.43. The van der Waals surface area contributed by atoms with Crippen molar-refractivity contribution in [2.45, 2.75) is 32.9 Å². The highest BCUT2D eigenvalue weighted by molar-refractivity contribution is 5.95. The minimum Gasteiger partial charge on any atom is -0.385 e. The molecule has 0 fully saturated rings. The fourth-order valence-electron chi connectivity index (χ4n) is 1.67. The molecular weight excluding hydrogens is 269 g/mol. The van der Waals surface area contributed by atoms with E-state index in [4.69, 9.17) is 0 Å². The zero-order chi connectivity index (χ0) is 15.2. The van der Waals surface area contributed by atoms with E-state index in [1.807, 2.05) is 13.8 Å². The van der Waals surface area contributed by atoms with Crippen LogP contribution >= 0.6 is 0 Å². The maximum absolute atomic E-state index is 13.0. The van der Waals surface area contributed by atoms with Gasteiger partial charge in [-0.1, -0.05) is 13.8 Å². The van der Waals surface area contributed by atoms with Gasteiger partial charge in [-0.15, -0.1) is 0 Å². The van der Waals surface area contributed by atoms with Gasteiger partial charge in [0.1, 0.15) is 0 Å². The summed E-state index contributed by atoms with van der Waals surface area (Å²) < 4.78 is 39.0. The summed E-state index contributed by atoms with van der Waals surface area (Å²) in [6.45, 7) is 4.63. The third-order valence-corrected chi connectivity index (χ3v) is 2.69. The molecule has 20 heavy (non-hydrogen) atoms. The van der Waals surface area contributed by atoms with Crippen molar-refractivity contribution in [3.63, 3.8) is 0 Å². The Morgan fingerprint density at radius 1 is 1.15 bits per heavy atom. The van der Waals surface area contributed by atoms with Crippen molar-refractivity contribution < 1.29 is 18.0 Å². The van der Waals surface area contributed by atoms with Crippen molar-refractivity contribution in [3.8, 4) is 0 Å². The average molecular weight is 288 g/mol. The maximum atomic E-state index is 13.0. The van der Waals surface area contributed by atoms with E-state index in [1.54, 1.807) is 0 Å². The van der Waals surface area contributed by atoms with Crippen LogP contribution in [0, 0.1) is 0 Å². The molecule has 0 unspecified atom stereocenters. The number of halogens is 3. The van der Waals surface area contributed by atoms with Crippen LogP contribution < -0.4 is 10.6 Å². The molecule has 0 radical (unpaired) electrons. The molecule has 0 saturated carbocycles. The molecule has 6 heteroatoms. The first kappa shape index (κ1) is 16.3. The van der Waals surface area contributed by atoms with Crippen LogP contribution in [0.1, 0.15) is 42.6 Å². The van der Waals surface area contributed by atoms with Gasteiger partial charge in [0.05, 0.1) is 5.56 Å². The van der Waals surface area contributed by atoms with E-state index in [9.17, 15) is 18.0 Å². The average Bonchev–Trinajstić information content (AvgIpc) is 2.41. The molecule has 112 valence electrons.